The number of benzene rings is 1. The van der Waals surface area contributed by atoms with E-state index in [-0.39, 0.29) is 18.0 Å². The summed E-state index contributed by atoms with van der Waals surface area (Å²) in [6.45, 7) is -2.68. The molecule has 2 atom stereocenters. The third kappa shape index (κ3) is 4.71. The summed E-state index contributed by atoms with van der Waals surface area (Å²) in [6.07, 6.45) is 4.25. The zero-order valence-corrected chi connectivity index (χ0v) is 20.0. The number of aliphatic imine (C=N–C) groups is 1. The van der Waals surface area contributed by atoms with E-state index in [0.717, 1.165) is 6.07 Å². The molecule has 0 aliphatic carbocycles. The molecule has 1 fully saturated rings. The Kier molecular flexibility index (Phi) is 6.17. The number of fused-ring (bicyclic) bond motifs is 1. The second-order valence-electron chi connectivity index (χ2n) is 7.88. The monoisotopic (exact) mass is 543 g/mol. The van der Waals surface area contributed by atoms with Crippen molar-refractivity contribution in [3.63, 3.8) is 0 Å². The van der Waals surface area contributed by atoms with Gasteiger partial charge in [-0.25, -0.2) is 19.2 Å². The van der Waals surface area contributed by atoms with Crippen molar-refractivity contribution in [2.24, 2.45) is 10.1 Å². The van der Waals surface area contributed by atoms with Gasteiger partial charge in [0.15, 0.2) is 10.8 Å². The summed E-state index contributed by atoms with van der Waals surface area (Å²) in [7, 11) is -4.02. The predicted molar refractivity (Wildman–Crippen MR) is 125 cm³/mol. The van der Waals surface area contributed by atoms with Gasteiger partial charge in [-0.2, -0.15) is 27.0 Å². The topological polar surface area (TPSA) is 118 Å². The largest absolute Gasteiger partial charge is 0.333 e. The third-order valence-corrected chi connectivity index (χ3v) is 7.34. The van der Waals surface area contributed by atoms with Crippen LogP contribution in [0.25, 0.3) is 5.57 Å². The van der Waals surface area contributed by atoms with Crippen LogP contribution in [0.2, 0.25) is 5.02 Å². The van der Waals surface area contributed by atoms with Crippen LogP contribution in [0.4, 0.5) is 13.2 Å². The molecule has 1 saturated heterocycles. The van der Waals surface area contributed by atoms with Crippen LogP contribution in [-0.4, -0.2) is 46.5 Å². The molecule has 0 bridgehead atoms. The summed E-state index contributed by atoms with van der Waals surface area (Å²) in [5.74, 6) is -0.0950. The molecule has 3 aromatic rings. The van der Waals surface area contributed by atoms with Gasteiger partial charge in [-0.3, -0.25) is 4.99 Å². The first-order valence-electron chi connectivity index (χ1n) is 10.2. The summed E-state index contributed by atoms with van der Waals surface area (Å²) in [4.78, 5) is 11.0. The lowest BCUT2D eigenvalue weighted by molar-refractivity contribution is 0.0566. The molecule has 2 aromatic heterocycles. The molecule has 0 amide bonds. The number of nitrogens with zero attached hydrogens (tertiary/aromatic N) is 5. The number of nitrogens with one attached hydrogen (secondary N) is 1. The molecule has 2 aliphatic heterocycles. The summed E-state index contributed by atoms with van der Waals surface area (Å²) < 4.78 is 66.9. The van der Waals surface area contributed by atoms with Crippen LogP contribution in [-0.2, 0) is 10.2 Å². The van der Waals surface area contributed by atoms with Crippen LogP contribution in [0, 0.1) is 5.82 Å². The van der Waals surface area contributed by atoms with E-state index in [1.807, 2.05) is 0 Å². The van der Waals surface area contributed by atoms with Gasteiger partial charge in [-0.05, 0) is 17.7 Å². The first-order valence-corrected chi connectivity index (χ1v) is 13.0. The van der Waals surface area contributed by atoms with Crippen molar-refractivity contribution in [2.45, 2.75) is 25.1 Å². The van der Waals surface area contributed by atoms with E-state index in [0.29, 0.717) is 37.9 Å². The van der Waals surface area contributed by atoms with E-state index >= 15 is 0 Å². The highest BCUT2D eigenvalue weighted by atomic mass is 35.5. The number of aromatic nitrogens is 3. The summed E-state index contributed by atoms with van der Waals surface area (Å²) >= 11 is 7.72. The van der Waals surface area contributed by atoms with Crippen LogP contribution >= 0.6 is 22.9 Å². The average Bonchev–Trinajstić information content (AvgIpc) is 3.52. The van der Waals surface area contributed by atoms with Gasteiger partial charge in [-0.15, -0.1) is 11.3 Å². The Morgan fingerprint density at radius 3 is 2.74 bits per heavy atom. The second kappa shape index (κ2) is 9.02. The maximum Gasteiger partial charge on any atom is 0.333 e. The Labute approximate surface area is 206 Å². The number of alkyl halides is 2. The van der Waals surface area contributed by atoms with Crippen molar-refractivity contribution in [1.82, 2.24) is 24.4 Å². The van der Waals surface area contributed by atoms with E-state index in [1.54, 1.807) is 16.5 Å². The molecule has 0 spiro atoms. The molecule has 35 heavy (non-hydrogen) atoms. The van der Waals surface area contributed by atoms with Gasteiger partial charge in [-0.1, -0.05) is 17.7 Å². The van der Waals surface area contributed by atoms with Gasteiger partial charge < -0.3 is 4.90 Å². The van der Waals surface area contributed by atoms with Gasteiger partial charge in [0.2, 0.25) is 0 Å². The fraction of sp³-hybridized carbons (Fsp3) is 0.250. The summed E-state index contributed by atoms with van der Waals surface area (Å²) in [5.41, 5.74) is 1.89. The van der Waals surface area contributed by atoms with Crippen LogP contribution in [0.15, 0.2) is 52.9 Å². The molecule has 9 nitrogen and oxygen atoms in total. The molecule has 3 N–H and O–H groups in total. The Morgan fingerprint density at radius 1 is 1.31 bits per heavy atom. The van der Waals surface area contributed by atoms with Crippen molar-refractivity contribution in [2.75, 3.05) is 6.54 Å². The van der Waals surface area contributed by atoms with Gasteiger partial charge >= 0.3 is 6.55 Å². The number of halogens is 4. The Hall–Kier alpha value is -2.78. The van der Waals surface area contributed by atoms with E-state index in [9.17, 15) is 21.6 Å². The quantitative estimate of drug-likeness (QED) is 0.494. The number of hydrogen-bond acceptors (Lipinski definition) is 7. The minimum absolute atomic E-state index is 0.0993. The number of rotatable bonds is 6. The van der Waals surface area contributed by atoms with Crippen LogP contribution in [0.1, 0.15) is 35.1 Å². The Bertz CT molecular complexity index is 1440. The lowest BCUT2D eigenvalue weighted by atomic mass is 9.91. The van der Waals surface area contributed by atoms with Crippen molar-refractivity contribution in [3.05, 3.63) is 74.8 Å². The van der Waals surface area contributed by atoms with Crippen LogP contribution < -0.4 is 9.86 Å². The minimum atomic E-state index is -4.02. The SMILES string of the molecule is NS(=O)(=O)N[C@H]1CC2=C(c3cnn(C(F)F)c3)[C@H](c3ccc(F)cc3Cl)N=C(c3nccs3)N2C1. The van der Waals surface area contributed by atoms with Crippen molar-refractivity contribution in [1.29, 1.82) is 0 Å². The van der Waals surface area contributed by atoms with E-state index in [4.69, 9.17) is 21.7 Å². The average molecular weight is 544 g/mol. The lowest BCUT2D eigenvalue weighted by Gasteiger charge is -2.32. The molecule has 0 unspecified atom stereocenters. The fourth-order valence-electron chi connectivity index (χ4n) is 4.30. The molecule has 1 aromatic carbocycles. The predicted octanol–water partition coefficient (Wildman–Crippen LogP) is 3.31. The minimum Gasteiger partial charge on any atom is -0.326 e. The molecular formula is C20H17ClF3N7O2S2. The molecule has 2 aliphatic rings. The molecule has 4 heterocycles. The van der Waals surface area contributed by atoms with Gasteiger partial charge in [0.1, 0.15) is 11.9 Å². The number of thiazole rings is 1. The Balaban J connectivity index is 1.72. The highest BCUT2D eigenvalue weighted by Gasteiger charge is 2.41. The highest BCUT2D eigenvalue weighted by Crippen LogP contribution is 2.46. The van der Waals surface area contributed by atoms with Crippen LogP contribution in [0.5, 0.6) is 0 Å². The lowest BCUT2D eigenvalue weighted by Crippen LogP contribution is -2.42. The van der Waals surface area contributed by atoms with Crippen molar-refractivity contribution >= 4 is 44.6 Å². The van der Waals surface area contributed by atoms with Gasteiger partial charge in [0.05, 0.1) is 6.20 Å². The van der Waals surface area contributed by atoms with E-state index < -0.39 is 34.7 Å². The van der Waals surface area contributed by atoms with Crippen LogP contribution in [0.3, 0.4) is 0 Å². The first kappa shape index (κ1) is 23.9. The summed E-state index contributed by atoms with van der Waals surface area (Å²) in [5, 5.41) is 11.4. The molecular weight excluding hydrogens is 527 g/mol. The zero-order chi connectivity index (χ0) is 24.9. The Morgan fingerprint density at radius 2 is 2.11 bits per heavy atom. The van der Waals surface area contributed by atoms with E-state index in [2.05, 4.69) is 14.8 Å². The summed E-state index contributed by atoms with van der Waals surface area (Å²) in [6, 6.07) is 2.42. The maximum absolute atomic E-state index is 13.8. The second-order valence-corrected chi connectivity index (χ2v) is 10.5. The zero-order valence-electron chi connectivity index (χ0n) is 17.6. The third-order valence-electron chi connectivity index (χ3n) is 5.58. The standard InChI is InChI=1S/C20H17ClF3N7O2S2/c21-14-5-11(22)1-2-13(14)17-16(10-7-27-31(8-10)20(23)24)15-6-12(29-35(25,32)33)9-30(15)18(28-17)19-26-3-4-34-19/h1-5,7-8,12,17,20,29H,6,9H2,(H2,25,32,33)/t12-,17-/m0/s1. The van der Waals surface area contributed by atoms with E-state index in [1.165, 1.54) is 35.9 Å². The number of hydrogen-bond donors (Lipinski definition) is 2. The molecule has 0 radical (unpaired) electrons. The molecule has 0 saturated carbocycles. The van der Waals surface area contributed by atoms with Crippen molar-refractivity contribution < 1.29 is 21.6 Å². The molecule has 184 valence electrons. The maximum atomic E-state index is 13.8. The van der Waals surface area contributed by atoms with Gasteiger partial charge in [0.25, 0.3) is 10.2 Å². The normalized spacial score (nSPS) is 20.5. The molecule has 5 rings (SSSR count). The highest BCUT2D eigenvalue weighted by molar-refractivity contribution is 7.87. The number of nitrogens with two attached hydrogens (primary N) is 1. The number of amidine groups is 1. The first-order chi connectivity index (χ1) is 16.6. The molecule has 15 heteroatoms. The van der Waals surface area contributed by atoms with Gasteiger partial charge in [0, 0.05) is 58.6 Å². The smallest absolute Gasteiger partial charge is 0.326 e. The van der Waals surface area contributed by atoms with Crippen molar-refractivity contribution in [3.8, 4) is 0 Å². The fourth-order valence-corrected chi connectivity index (χ4v) is 5.83.